The Morgan fingerprint density at radius 1 is 1.20 bits per heavy atom. The van der Waals surface area contributed by atoms with E-state index in [-0.39, 0.29) is 24.0 Å². The lowest BCUT2D eigenvalue weighted by atomic mass is 9.97. The molecule has 1 aliphatic heterocycles. The van der Waals surface area contributed by atoms with Gasteiger partial charge in [0, 0.05) is 36.9 Å². The Labute approximate surface area is 145 Å². The minimum absolute atomic E-state index is 0.0691. The van der Waals surface area contributed by atoms with Gasteiger partial charge in [-0.1, -0.05) is 30.3 Å². The van der Waals surface area contributed by atoms with Crippen molar-refractivity contribution >= 4 is 17.2 Å². The maximum absolute atomic E-state index is 12.5. The number of nitro groups is 1. The van der Waals surface area contributed by atoms with Crippen molar-refractivity contribution in [2.45, 2.75) is 12.8 Å². The van der Waals surface area contributed by atoms with Gasteiger partial charge < -0.3 is 10.0 Å². The van der Waals surface area contributed by atoms with E-state index in [1.165, 1.54) is 6.07 Å². The topological polar surface area (TPSA) is 83.7 Å². The van der Waals surface area contributed by atoms with Crippen LogP contribution in [0.4, 0.5) is 11.4 Å². The number of nitrogens with zero attached hydrogens (tertiary/aromatic N) is 2. The second kappa shape index (κ2) is 7.44. The summed E-state index contributed by atoms with van der Waals surface area (Å²) in [6.45, 7) is 1.38. The minimum Gasteiger partial charge on any atom is -0.396 e. The first-order valence-electron chi connectivity index (χ1n) is 8.34. The molecule has 1 fully saturated rings. The van der Waals surface area contributed by atoms with Gasteiger partial charge in [-0.05, 0) is 30.9 Å². The molecule has 0 aromatic heterocycles. The lowest BCUT2D eigenvalue weighted by Crippen LogP contribution is -2.37. The van der Waals surface area contributed by atoms with Crippen LogP contribution >= 0.6 is 0 Å². The third kappa shape index (κ3) is 3.69. The van der Waals surface area contributed by atoms with Crippen LogP contribution in [0, 0.1) is 16.0 Å². The Morgan fingerprint density at radius 3 is 2.64 bits per heavy atom. The van der Waals surface area contributed by atoms with E-state index in [2.05, 4.69) is 0 Å². The molecule has 0 saturated carbocycles. The number of aliphatic hydroxyl groups is 1. The Kier molecular flexibility index (Phi) is 5.09. The van der Waals surface area contributed by atoms with Crippen LogP contribution in [-0.4, -0.2) is 35.5 Å². The standard InChI is InChI=1S/C19H20N2O4/c22-13-14-5-4-10-20(12-14)17-9-8-16(11-18(17)21(24)25)19(23)15-6-2-1-3-7-15/h1-3,6-9,11,14,22H,4-5,10,12-13H2/t14-/m0/s1. The van der Waals surface area contributed by atoms with Crippen LogP contribution in [0.5, 0.6) is 0 Å². The first-order chi connectivity index (χ1) is 12.1. The third-order valence-electron chi connectivity index (χ3n) is 4.59. The van der Waals surface area contributed by atoms with Crippen LogP contribution in [0.25, 0.3) is 0 Å². The van der Waals surface area contributed by atoms with Gasteiger partial charge in [-0.2, -0.15) is 0 Å². The van der Waals surface area contributed by atoms with Gasteiger partial charge in [0.25, 0.3) is 5.69 Å². The summed E-state index contributed by atoms with van der Waals surface area (Å²) in [4.78, 5) is 25.6. The van der Waals surface area contributed by atoms with Gasteiger partial charge in [0.05, 0.1) is 4.92 Å². The van der Waals surface area contributed by atoms with Gasteiger partial charge in [-0.3, -0.25) is 14.9 Å². The van der Waals surface area contributed by atoms with Gasteiger partial charge in [-0.25, -0.2) is 0 Å². The van der Waals surface area contributed by atoms with E-state index in [0.717, 1.165) is 12.8 Å². The van der Waals surface area contributed by atoms with Crippen LogP contribution in [-0.2, 0) is 0 Å². The third-order valence-corrected chi connectivity index (χ3v) is 4.59. The molecule has 0 radical (unpaired) electrons. The summed E-state index contributed by atoms with van der Waals surface area (Å²) in [5.41, 5.74) is 1.24. The number of nitro benzene ring substituents is 1. The molecule has 1 saturated heterocycles. The quantitative estimate of drug-likeness (QED) is 0.514. The number of piperidine rings is 1. The van der Waals surface area contributed by atoms with Crippen molar-refractivity contribution in [3.05, 3.63) is 69.8 Å². The molecule has 130 valence electrons. The summed E-state index contributed by atoms with van der Waals surface area (Å²) in [6.07, 6.45) is 1.80. The largest absolute Gasteiger partial charge is 0.396 e. The van der Waals surface area contributed by atoms with Crippen LogP contribution in [0.2, 0.25) is 0 Å². The number of carbonyl (C=O) groups is 1. The van der Waals surface area contributed by atoms with Crippen molar-refractivity contribution in [3.8, 4) is 0 Å². The second-order valence-corrected chi connectivity index (χ2v) is 6.29. The van der Waals surface area contributed by atoms with Crippen LogP contribution in [0.15, 0.2) is 48.5 Å². The summed E-state index contributed by atoms with van der Waals surface area (Å²) < 4.78 is 0. The summed E-state index contributed by atoms with van der Waals surface area (Å²) in [5.74, 6) is -0.110. The Balaban J connectivity index is 1.93. The molecule has 2 aromatic carbocycles. The molecule has 0 bridgehead atoms. The predicted molar refractivity (Wildman–Crippen MR) is 95.0 cm³/mol. The van der Waals surface area contributed by atoms with E-state index < -0.39 is 4.92 Å². The molecule has 0 amide bonds. The average Bonchev–Trinajstić information content (AvgIpc) is 2.67. The molecule has 6 heteroatoms. The minimum atomic E-state index is -0.445. The Bertz CT molecular complexity index is 776. The Hall–Kier alpha value is -2.73. The normalized spacial score (nSPS) is 17.3. The van der Waals surface area contributed by atoms with Crippen LogP contribution < -0.4 is 4.90 Å². The number of hydrogen-bond donors (Lipinski definition) is 1. The highest BCUT2D eigenvalue weighted by atomic mass is 16.6. The fraction of sp³-hybridized carbons (Fsp3) is 0.316. The zero-order chi connectivity index (χ0) is 17.8. The van der Waals surface area contributed by atoms with Crippen molar-refractivity contribution in [2.24, 2.45) is 5.92 Å². The molecule has 1 heterocycles. The fourth-order valence-electron chi connectivity index (χ4n) is 3.27. The number of carbonyl (C=O) groups excluding carboxylic acids is 1. The summed E-state index contributed by atoms with van der Waals surface area (Å²) in [5, 5.41) is 20.9. The molecule has 1 N–H and O–H groups in total. The molecule has 6 nitrogen and oxygen atoms in total. The smallest absolute Gasteiger partial charge is 0.293 e. The predicted octanol–water partition coefficient (Wildman–Crippen LogP) is 3.03. The van der Waals surface area contributed by atoms with Crippen molar-refractivity contribution < 1.29 is 14.8 Å². The number of anilines is 1. The molecular formula is C19H20N2O4. The molecule has 25 heavy (non-hydrogen) atoms. The van der Waals surface area contributed by atoms with E-state index in [1.807, 2.05) is 11.0 Å². The first kappa shape index (κ1) is 17.1. The van der Waals surface area contributed by atoms with Crippen molar-refractivity contribution in [3.63, 3.8) is 0 Å². The van der Waals surface area contributed by atoms with E-state index in [4.69, 9.17) is 0 Å². The molecule has 0 unspecified atom stereocenters. The maximum atomic E-state index is 12.5. The van der Waals surface area contributed by atoms with E-state index >= 15 is 0 Å². The van der Waals surface area contributed by atoms with Crippen molar-refractivity contribution in [1.82, 2.24) is 0 Å². The van der Waals surface area contributed by atoms with Gasteiger partial charge in [0.2, 0.25) is 0 Å². The average molecular weight is 340 g/mol. The zero-order valence-electron chi connectivity index (χ0n) is 13.8. The highest BCUT2D eigenvalue weighted by Gasteiger charge is 2.26. The highest BCUT2D eigenvalue weighted by Crippen LogP contribution is 2.33. The summed E-state index contributed by atoms with van der Waals surface area (Å²) in [7, 11) is 0. The van der Waals surface area contributed by atoms with E-state index in [9.17, 15) is 20.0 Å². The second-order valence-electron chi connectivity index (χ2n) is 6.29. The van der Waals surface area contributed by atoms with Gasteiger partial charge >= 0.3 is 0 Å². The molecule has 1 aliphatic rings. The molecule has 1 atom stereocenters. The molecule has 0 spiro atoms. The number of aliphatic hydroxyl groups excluding tert-OH is 1. The monoisotopic (exact) mass is 340 g/mol. The van der Waals surface area contributed by atoms with Gasteiger partial charge in [0.15, 0.2) is 5.78 Å². The number of ketones is 1. The fourth-order valence-corrected chi connectivity index (χ4v) is 3.27. The van der Waals surface area contributed by atoms with Crippen molar-refractivity contribution in [2.75, 3.05) is 24.6 Å². The van der Waals surface area contributed by atoms with Crippen molar-refractivity contribution in [1.29, 1.82) is 0 Å². The lowest BCUT2D eigenvalue weighted by Gasteiger charge is -2.33. The lowest BCUT2D eigenvalue weighted by molar-refractivity contribution is -0.384. The SMILES string of the molecule is O=C(c1ccccc1)c1ccc(N2CCC[C@H](CO)C2)c([N+](=O)[O-])c1. The van der Waals surface area contributed by atoms with Gasteiger partial charge in [-0.15, -0.1) is 0 Å². The van der Waals surface area contributed by atoms with E-state index in [0.29, 0.717) is 29.9 Å². The first-order valence-corrected chi connectivity index (χ1v) is 8.34. The molecule has 0 aliphatic carbocycles. The zero-order valence-corrected chi connectivity index (χ0v) is 13.8. The number of benzene rings is 2. The van der Waals surface area contributed by atoms with Crippen LogP contribution in [0.3, 0.4) is 0 Å². The number of hydrogen-bond acceptors (Lipinski definition) is 5. The molecular weight excluding hydrogens is 320 g/mol. The molecule has 3 rings (SSSR count). The highest BCUT2D eigenvalue weighted by molar-refractivity contribution is 6.09. The maximum Gasteiger partial charge on any atom is 0.293 e. The van der Waals surface area contributed by atoms with E-state index in [1.54, 1.807) is 36.4 Å². The number of rotatable bonds is 5. The molecule has 2 aromatic rings. The summed E-state index contributed by atoms with van der Waals surface area (Å²) in [6, 6.07) is 13.4. The van der Waals surface area contributed by atoms with Gasteiger partial charge in [0.1, 0.15) is 5.69 Å². The van der Waals surface area contributed by atoms with Crippen LogP contribution in [0.1, 0.15) is 28.8 Å². The Morgan fingerprint density at radius 2 is 1.96 bits per heavy atom. The summed E-state index contributed by atoms with van der Waals surface area (Å²) >= 11 is 0.